The van der Waals surface area contributed by atoms with Gasteiger partial charge in [-0.25, -0.2) is 9.78 Å². The van der Waals surface area contributed by atoms with Gasteiger partial charge in [-0.3, -0.25) is 4.79 Å². The van der Waals surface area contributed by atoms with Crippen LogP contribution in [-0.2, 0) is 6.54 Å². The summed E-state index contributed by atoms with van der Waals surface area (Å²) in [6.45, 7) is 9.19. The van der Waals surface area contributed by atoms with Gasteiger partial charge in [0.2, 0.25) is 5.95 Å². The van der Waals surface area contributed by atoms with Gasteiger partial charge in [0, 0.05) is 30.4 Å². The normalized spacial score (nSPS) is 18.0. The maximum Gasteiger partial charge on any atom is 0.407 e. The molecular weight excluding hydrogens is 420 g/mol. The first-order valence-electron chi connectivity index (χ1n) is 11.4. The Kier molecular flexibility index (Phi) is 6.14. The van der Waals surface area contributed by atoms with Crippen LogP contribution in [0.5, 0.6) is 0 Å². The van der Waals surface area contributed by atoms with Crippen LogP contribution >= 0.6 is 0 Å². The number of hydrogen-bond acceptors (Lipinski definition) is 6. The molecule has 1 aromatic heterocycles. The number of carboxylic acid groups (broad SMARTS) is 1. The smallest absolute Gasteiger partial charge is 0.407 e. The number of rotatable bonds is 5. The minimum atomic E-state index is -0.931. The van der Waals surface area contributed by atoms with Crippen molar-refractivity contribution < 1.29 is 14.7 Å². The van der Waals surface area contributed by atoms with E-state index in [1.807, 2.05) is 52.0 Å². The second kappa shape index (κ2) is 8.88. The zero-order valence-corrected chi connectivity index (χ0v) is 19.7. The Morgan fingerprint density at radius 2 is 2.09 bits per heavy atom. The first kappa shape index (κ1) is 22.8. The summed E-state index contributed by atoms with van der Waals surface area (Å²) in [5.74, 6) is 0.821. The lowest BCUT2D eigenvalue weighted by molar-refractivity contribution is 0.0928. The fraction of sp³-hybridized carbons (Fsp3) is 0.500. The van der Waals surface area contributed by atoms with Gasteiger partial charge < -0.3 is 25.5 Å². The average molecular weight is 453 g/mol. The Bertz CT molecular complexity index is 1060. The highest BCUT2D eigenvalue weighted by atomic mass is 16.4. The number of aromatic nitrogens is 2. The number of nitrogens with one attached hydrogen (secondary N) is 2. The molecular formula is C24H32N6O3. The Morgan fingerprint density at radius 3 is 2.79 bits per heavy atom. The Morgan fingerprint density at radius 1 is 1.30 bits per heavy atom. The standard InChI is InChI=1S/C24H32N6O3/c1-15-8-7-9-16(12-15)26-20-19-18(13-25-21(19)31)27-22(28-20)29-11-6-5-10-17(29)14-30(23(32)33)24(2,3)4/h7-9,12,17H,5-6,10-11,13-14H2,1-4H3,(H,25,31)(H,32,33)(H,26,27,28). The van der Waals surface area contributed by atoms with Crippen molar-refractivity contribution in [2.45, 2.75) is 65.1 Å². The molecule has 0 saturated carbocycles. The predicted molar refractivity (Wildman–Crippen MR) is 127 cm³/mol. The van der Waals surface area contributed by atoms with Crippen LogP contribution in [0, 0.1) is 6.92 Å². The highest BCUT2D eigenvalue weighted by Gasteiger charge is 2.35. The molecule has 2 amide bonds. The van der Waals surface area contributed by atoms with Crippen molar-refractivity contribution in [3.8, 4) is 0 Å². The molecule has 9 nitrogen and oxygen atoms in total. The molecule has 0 radical (unpaired) electrons. The van der Waals surface area contributed by atoms with E-state index in [-0.39, 0.29) is 11.9 Å². The Balaban J connectivity index is 1.69. The summed E-state index contributed by atoms with van der Waals surface area (Å²) < 4.78 is 0. The van der Waals surface area contributed by atoms with Gasteiger partial charge in [-0.15, -0.1) is 0 Å². The van der Waals surface area contributed by atoms with Crippen LogP contribution in [0.2, 0.25) is 0 Å². The van der Waals surface area contributed by atoms with E-state index in [0.29, 0.717) is 36.1 Å². The van der Waals surface area contributed by atoms with E-state index >= 15 is 0 Å². The van der Waals surface area contributed by atoms with Gasteiger partial charge in [-0.1, -0.05) is 12.1 Å². The van der Waals surface area contributed by atoms with E-state index in [9.17, 15) is 14.7 Å². The monoisotopic (exact) mass is 452 g/mol. The van der Waals surface area contributed by atoms with Crippen LogP contribution in [0.3, 0.4) is 0 Å². The van der Waals surface area contributed by atoms with E-state index in [4.69, 9.17) is 9.97 Å². The number of carbonyl (C=O) groups is 2. The number of benzene rings is 1. The summed E-state index contributed by atoms with van der Waals surface area (Å²) in [6, 6.07) is 7.86. The molecule has 33 heavy (non-hydrogen) atoms. The van der Waals surface area contributed by atoms with Crippen molar-refractivity contribution in [1.29, 1.82) is 0 Å². The predicted octanol–water partition coefficient (Wildman–Crippen LogP) is 3.91. The molecule has 2 aliphatic rings. The van der Waals surface area contributed by atoms with Gasteiger partial charge in [0.1, 0.15) is 11.4 Å². The van der Waals surface area contributed by atoms with Crippen molar-refractivity contribution >= 4 is 29.5 Å². The molecule has 1 fully saturated rings. The van der Waals surface area contributed by atoms with Crippen LogP contribution in [0.25, 0.3) is 0 Å². The summed E-state index contributed by atoms with van der Waals surface area (Å²) in [5, 5.41) is 16.0. The molecule has 3 N–H and O–H groups in total. The molecule has 2 aromatic rings. The van der Waals surface area contributed by atoms with E-state index < -0.39 is 11.6 Å². The first-order valence-corrected chi connectivity index (χ1v) is 11.4. The topological polar surface area (TPSA) is 111 Å². The van der Waals surface area contributed by atoms with Crippen molar-refractivity contribution in [2.75, 3.05) is 23.3 Å². The van der Waals surface area contributed by atoms with Gasteiger partial charge in [-0.05, 0) is 64.7 Å². The summed E-state index contributed by atoms with van der Waals surface area (Å²) in [7, 11) is 0. The second-order valence-corrected chi connectivity index (χ2v) is 9.78. The lowest BCUT2D eigenvalue weighted by atomic mass is 9.99. The van der Waals surface area contributed by atoms with Crippen LogP contribution < -0.4 is 15.5 Å². The number of piperidine rings is 1. The van der Waals surface area contributed by atoms with E-state index in [0.717, 1.165) is 37.1 Å². The molecule has 1 saturated heterocycles. The number of aryl methyl sites for hydroxylation is 1. The summed E-state index contributed by atoms with van der Waals surface area (Å²) in [6.07, 6.45) is 1.94. The van der Waals surface area contributed by atoms with Crippen LogP contribution in [-0.4, -0.2) is 56.6 Å². The number of hydrogen-bond donors (Lipinski definition) is 3. The highest BCUT2D eigenvalue weighted by Crippen LogP contribution is 2.31. The fourth-order valence-corrected chi connectivity index (χ4v) is 4.49. The number of carbonyl (C=O) groups excluding carboxylic acids is 1. The summed E-state index contributed by atoms with van der Waals surface area (Å²) in [4.78, 5) is 37.6. The average Bonchev–Trinajstić information content (AvgIpc) is 3.12. The highest BCUT2D eigenvalue weighted by molar-refractivity contribution is 6.02. The molecule has 0 spiro atoms. The summed E-state index contributed by atoms with van der Waals surface area (Å²) in [5.41, 5.74) is 2.57. The fourth-order valence-electron chi connectivity index (χ4n) is 4.49. The zero-order chi connectivity index (χ0) is 23.8. The van der Waals surface area contributed by atoms with E-state index in [2.05, 4.69) is 15.5 Å². The maximum absolute atomic E-state index is 12.5. The van der Waals surface area contributed by atoms with Crippen molar-refractivity contribution in [2.24, 2.45) is 0 Å². The number of amides is 2. The van der Waals surface area contributed by atoms with Crippen LogP contribution in [0.4, 0.5) is 22.2 Å². The van der Waals surface area contributed by atoms with Crippen molar-refractivity contribution in [1.82, 2.24) is 20.2 Å². The quantitative estimate of drug-likeness (QED) is 0.631. The van der Waals surface area contributed by atoms with Gasteiger partial charge in [-0.2, -0.15) is 4.98 Å². The van der Waals surface area contributed by atoms with Crippen molar-refractivity contribution in [3.63, 3.8) is 0 Å². The molecule has 9 heteroatoms. The van der Waals surface area contributed by atoms with E-state index in [1.165, 1.54) is 4.90 Å². The third kappa shape index (κ3) is 4.86. The van der Waals surface area contributed by atoms with Gasteiger partial charge >= 0.3 is 6.09 Å². The maximum atomic E-state index is 12.5. The van der Waals surface area contributed by atoms with Gasteiger partial charge in [0.15, 0.2) is 0 Å². The van der Waals surface area contributed by atoms with Gasteiger partial charge in [0.25, 0.3) is 5.91 Å². The lowest BCUT2D eigenvalue weighted by Crippen LogP contribution is -2.54. The number of fused-ring (bicyclic) bond motifs is 1. The minimum absolute atomic E-state index is 0.0380. The minimum Gasteiger partial charge on any atom is -0.465 e. The third-order valence-corrected chi connectivity index (χ3v) is 6.21. The number of nitrogens with zero attached hydrogens (tertiary/aromatic N) is 4. The lowest BCUT2D eigenvalue weighted by Gasteiger charge is -2.42. The largest absolute Gasteiger partial charge is 0.465 e. The first-order chi connectivity index (χ1) is 15.6. The molecule has 176 valence electrons. The SMILES string of the molecule is Cc1cccc(Nc2nc(N3CCCCC3CN(C(=O)O)C(C)(C)C)nc3c2C(=O)NC3)c1. The Hall–Kier alpha value is -3.36. The molecule has 1 unspecified atom stereocenters. The third-order valence-electron chi connectivity index (χ3n) is 6.21. The summed E-state index contributed by atoms with van der Waals surface area (Å²) >= 11 is 0. The molecule has 3 heterocycles. The molecule has 0 bridgehead atoms. The molecule has 1 aromatic carbocycles. The van der Waals surface area contributed by atoms with Crippen LogP contribution in [0.15, 0.2) is 24.3 Å². The molecule has 1 atom stereocenters. The van der Waals surface area contributed by atoms with Crippen molar-refractivity contribution in [3.05, 3.63) is 41.1 Å². The zero-order valence-electron chi connectivity index (χ0n) is 19.7. The number of anilines is 3. The Labute approximate surface area is 194 Å². The van der Waals surface area contributed by atoms with E-state index in [1.54, 1.807) is 0 Å². The molecule has 0 aliphatic carbocycles. The van der Waals surface area contributed by atoms with Crippen LogP contribution in [0.1, 0.15) is 61.6 Å². The second-order valence-electron chi connectivity index (χ2n) is 9.78. The molecule has 2 aliphatic heterocycles. The van der Waals surface area contributed by atoms with Gasteiger partial charge in [0.05, 0.1) is 12.2 Å². The molecule has 4 rings (SSSR count).